The molecule has 40 heavy (non-hydrogen) atoms. The minimum Gasteiger partial charge on any atom is -0.467 e. The average molecular weight is 605 g/mol. The second-order valence-corrected chi connectivity index (χ2v) is 9.85. The van der Waals surface area contributed by atoms with E-state index >= 15 is 0 Å². The summed E-state index contributed by atoms with van der Waals surface area (Å²) in [5, 5.41) is 22.7. The summed E-state index contributed by atoms with van der Waals surface area (Å²) in [5.41, 5.74) is 2.72. The van der Waals surface area contributed by atoms with Gasteiger partial charge in [-0.3, -0.25) is 9.69 Å². The molecule has 1 aromatic carbocycles. The number of para-hydroxylation sites is 1. The van der Waals surface area contributed by atoms with Crippen molar-refractivity contribution in [2.75, 3.05) is 59.5 Å². The molecule has 0 saturated carbocycles. The van der Waals surface area contributed by atoms with E-state index in [9.17, 15) is 9.59 Å². The molecule has 13 heteroatoms. The second kappa shape index (κ2) is 17.2. The van der Waals surface area contributed by atoms with Gasteiger partial charge in [0.1, 0.15) is 12.6 Å². The Bertz CT molecular complexity index is 1170. The van der Waals surface area contributed by atoms with E-state index in [2.05, 4.69) is 41.5 Å². The van der Waals surface area contributed by atoms with Crippen LogP contribution in [0, 0.1) is 0 Å². The standard InChI is InChI=1S/C27H41N9O3.Zn/c1-39-27(38)25(16-21-17-31-24-7-3-2-6-23(21)24)32-26(37)20-36-19-22(33-34-36)18-35-14-5-10-29-12-11-28-8-4-9-30-13-15-35;/h2-3,6-7,17,19,25,28-31H,4-5,8-16,18,20H2,1H3,(H,32,37);/t25-;/m0./s1. The summed E-state index contributed by atoms with van der Waals surface area (Å²) in [4.78, 5) is 30.9. The number of hydrogen-bond acceptors (Lipinski definition) is 9. The van der Waals surface area contributed by atoms with Crippen LogP contribution in [0.4, 0.5) is 0 Å². The van der Waals surface area contributed by atoms with Gasteiger partial charge in [-0.1, -0.05) is 23.4 Å². The number of rotatable bonds is 8. The smallest absolute Gasteiger partial charge is 0.328 e. The zero-order chi connectivity index (χ0) is 27.3. The van der Waals surface area contributed by atoms with Gasteiger partial charge in [0.2, 0.25) is 5.91 Å². The second-order valence-electron chi connectivity index (χ2n) is 9.85. The Morgan fingerprint density at radius 3 is 2.58 bits per heavy atom. The molecular formula is C27H41N9O3Zn. The van der Waals surface area contributed by atoms with Crippen molar-refractivity contribution >= 4 is 22.8 Å². The van der Waals surface area contributed by atoms with E-state index in [0.29, 0.717) is 13.0 Å². The van der Waals surface area contributed by atoms with E-state index < -0.39 is 12.0 Å². The molecule has 2 aromatic heterocycles. The number of nitrogens with one attached hydrogen (secondary N) is 5. The molecule has 1 amide bonds. The van der Waals surface area contributed by atoms with Crippen molar-refractivity contribution in [3.05, 3.63) is 47.9 Å². The van der Waals surface area contributed by atoms with Crippen LogP contribution in [0.2, 0.25) is 0 Å². The SMILES string of the molecule is COC(=O)[C@H](Cc1c[nH]c2ccccc12)NC(=O)Cn1cc(CN2CCCNCCNCCCNCC2)nn1.[Zn]. The van der Waals surface area contributed by atoms with Gasteiger partial charge in [0.15, 0.2) is 0 Å². The number of carbonyl (C=O) groups is 2. The van der Waals surface area contributed by atoms with Crippen LogP contribution < -0.4 is 21.3 Å². The largest absolute Gasteiger partial charge is 0.467 e. The van der Waals surface area contributed by atoms with E-state index in [1.807, 2.05) is 30.5 Å². The summed E-state index contributed by atoms with van der Waals surface area (Å²) in [6, 6.07) is 7.04. The van der Waals surface area contributed by atoms with Gasteiger partial charge in [0, 0.05) is 75.7 Å². The monoisotopic (exact) mass is 603 g/mol. The molecule has 0 spiro atoms. The van der Waals surface area contributed by atoms with E-state index in [1.165, 1.54) is 11.8 Å². The quantitative estimate of drug-likeness (QED) is 0.178. The molecule has 4 rings (SSSR count). The molecule has 1 aliphatic rings. The first-order valence-corrected chi connectivity index (χ1v) is 13.8. The number of hydrogen-bond donors (Lipinski definition) is 5. The Labute approximate surface area is 248 Å². The van der Waals surface area contributed by atoms with Gasteiger partial charge in [0.05, 0.1) is 19.0 Å². The van der Waals surface area contributed by atoms with Crippen molar-refractivity contribution in [1.29, 1.82) is 0 Å². The zero-order valence-electron chi connectivity index (χ0n) is 23.5. The number of aromatic nitrogens is 4. The van der Waals surface area contributed by atoms with Crippen LogP contribution in [0.25, 0.3) is 10.9 Å². The van der Waals surface area contributed by atoms with Crippen LogP contribution in [-0.2, 0) is 53.3 Å². The van der Waals surface area contributed by atoms with Gasteiger partial charge in [0.25, 0.3) is 0 Å². The molecule has 12 nitrogen and oxygen atoms in total. The number of esters is 1. The molecule has 214 valence electrons. The maximum Gasteiger partial charge on any atom is 0.328 e. The summed E-state index contributed by atoms with van der Waals surface area (Å²) in [5.74, 6) is -0.821. The van der Waals surface area contributed by atoms with Gasteiger partial charge < -0.3 is 31.0 Å². The molecule has 1 saturated heterocycles. The van der Waals surface area contributed by atoms with Crippen LogP contribution in [-0.4, -0.2) is 102 Å². The minimum atomic E-state index is -0.808. The Balaban J connectivity index is 0.00000441. The zero-order valence-corrected chi connectivity index (χ0v) is 26.4. The van der Waals surface area contributed by atoms with Gasteiger partial charge in [-0.05, 0) is 50.7 Å². The fourth-order valence-corrected chi connectivity index (χ4v) is 4.79. The van der Waals surface area contributed by atoms with E-state index in [-0.39, 0.29) is 31.9 Å². The first-order valence-electron chi connectivity index (χ1n) is 13.8. The molecule has 1 aliphatic heterocycles. The summed E-state index contributed by atoms with van der Waals surface area (Å²) in [6.07, 6.45) is 6.13. The molecule has 0 bridgehead atoms. The average Bonchev–Trinajstić information content (AvgIpc) is 3.56. The van der Waals surface area contributed by atoms with Crippen LogP contribution in [0.15, 0.2) is 36.7 Å². The summed E-state index contributed by atoms with van der Waals surface area (Å²) in [7, 11) is 1.32. The Morgan fingerprint density at radius 1 is 1.02 bits per heavy atom. The van der Waals surface area contributed by atoms with Gasteiger partial charge in [-0.2, -0.15) is 0 Å². The maximum atomic E-state index is 12.9. The number of amides is 1. The molecule has 5 N–H and O–H groups in total. The number of aromatic amines is 1. The number of carbonyl (C=O) groups excluding carboxylic acids is 2. The number of benzene rings is 1. The third kappa shape index (κ3) is 10.0. The first kappa shape index (κ1) is 31.8. The first-order chi connectivity index (χ1) is 19.1. The third-order valence-electron chi connectivity index (χ3n) is 6.82. The molecule has 0 unspecified atom stereocenters. The van der Waals surface area contributed by atoms with Crippen molar-refractivity contribution in [3.8, 4) is 0 Å². The normalized spacial score (nSPS) is 16.9. The molecule has 1 atom stereocenters. The summed E-state index contributed by atoms with van der Waals surface area (Å²) < 4.78 is 6.48. The van der Waals surface area contributed by atoms with Crippen molar-refractivity contribution in [3.63, 3.8) is 0 Å². The van der Waals surface area contributed by atoms with Crippen molar-refractivity contribution in [1.82, 2.24) is 46.1 Å². The number of fused-ring (bicyclic) bond motifs is 1. The van der Waals surface area contributed by atoms with Crippen LogP contribution in [0.5, 0.6) is 0 Å². The van der Waals surface area contributed by atoms with Crippen LogP contribution >= 0.6 is 0 Å². The van der Waals surface area contributed by atoms with E-state index in [0.717, 1.165) is 87.4 Å². The summed E-state index contributed by atoms with van der Waals surface area (Å²) in [6.45, 7) is 8.36. The van der Waals surface area contributed by atoms with Crippen molar-refractivity contribution in [2.45, 2.75) is 38.4 Å². The Hall–Kier alpha value is -2.70. The van der Waals surface area contributed by atoms with E-state index in [1.54, 1.807) is 6.20 Å². The minimum absolute atomic E-state index is 0. The Morgan fingerprint density at radius 2 is 1.77 bits per heavy atom. The van der Waals surface area contributed by atoms with Gasteiger partial charge >= 0.3 is 5.97 Å². The van der Waals surface area contributed by atoms with E-state index in [4.69, 9.17) is 4.74 Å². The third-order valence-corrected chi connectivity index (χ3v) is 6.82. The topological polar surface area (TPSA) is 141 Å². The number of nitrogens with zero attached hydrogens (tertiary/aromatic N) is 4. The van der Waals surface area contributed by atoms with Crippen molar-refractivity contribution in [2.24, 2.45) is 0 Å². The fraction of sp³-hybridized carbons (Fsp3) is 0.556. The summed E-state index contributed by atoms with van der Waals surface area (Å²) >= 11 is 0. The van der Waals surface area contributed by atoms with Crippen LogP contribution in [0.1, 0.15) is 24.1 Å². The predicted molar refractivity (Wildman–Crippen MR) is 149 cm³/mol. The molecule has 0 radical (unpaired) electrons. The Kier molecular flexibility index (Phi) is 13.7. The number of H-pyrrole nitrogens is 1. The molecule has 1 fully saturated rings. The van der Waals surface area contributed by atoms with Gasteiger partial charge in [-0.15, -0.1) is 5.10 Å². The maximum absolute atomic E-state index is 12.9. The number of methoxy groups -OCH3 is 1. The fourth-order valence-electron chi connectivity index (χ4n) is 4.79. The molecule has 3 aromatic rings. The predicted octanol–water partition coefficient (Wildman–Crippen LogP) is 0.0220. The molecule has 0 aliphatic carbocycles. The molecular weight excluding hydrogens is 564 g/mol. The van der Waals surface area contributed by atoms with Gasteiger partial charge in [-0.25, -0.2) is 9.48 Å². The van der Waals surface area contributed by atoms with Crippen LogP contribution in [0.3, 0.4) is 0 Å². The van der Waals surface area contributed by atoms with Crippen molar-refractivity contribution < 1.29 is 33.8 Å². The molecule has 3 heterocycles. The number of ether oxygens (including phenoxy) is 1.